The summed E-state index contributed by atoms with van der Waals surface area (Å²) in [7, 11) is 0. The summed E-state index contributed by atoms with van der Waals surface area (Å²) in [5, 5.41) is 0. The molecule has 14 heavy (non-hydrogen) atoms. The summed E-state index contributed by atoms with van der Waals surface area (Å²) in [5.74, 6) is 0. The first kappa shape index (κ1) is 9.78. The second-order valence-corrected chi connectivity index (χ2v) is 8.59. The lowest BCUT2D eigenvalue weighted by Crippen LogP contribution is -2.61. The third-order valence-corrected chi connectivity index (χ3v) is 5.26. The number of halogens is 2. The zero-order valence-corrected chi connectivity index (χ0v) is 10.5. The van der Waals surface area contributed by atoms with Crippen molar-refractivity contribution in [1.82, 2.24) is 0 Å². The van der Waals surface area contributed by atoms with Crippen LogP contribution in [0.1, 0.15) is 52.4 Å². The fourth-order valence-corrected chi connectivity index (χ4v) is 7.28. The van der Waals surface area contributed by atoms with Crippen LogP contribution < -0.4 is 0 Å². The van der Waals surface area contributed by atoms with Crippen molar-refractivity contribution in [3.05, 3.63) is 0 Å². The van der Waals surface area contributed by atoms with Crippen molar-refractivity contribution in [1.29, 1.82) is 0 Å². The molecule has 0 unspecified atom stereocenters. The lowest BCUT2D eigenvalue weighted by atomic mass is 9.44. The number of hydrogen-bond donors (Lipinski definition) is 0. The molecule has 0 aromatic carbocycles. The molecule has 0 heterocycles. The van der Waals surface area contributed by atoms with E-state index in [9.17, 15) is 0 Å². The largest absolute Gasteiger partial charge is 0.119 e. The van der Waals surface area contributed by atoms with Crippen LogP contribution in [0, 0.1) is 10.8 Å². The van der Waals surface area contributed by atoms with Crippen molar-refractivity contribution in [2.24, 2.45) is 10.8 Å². The van der Waals surface area contributed by atoms with E-state index in [1.54, 1.807) is 0 Å². The molecule has 0 atom stereocenters. The molecule has 0 aromatic rings. The highest BCUT2D eigenvalue weighted by molar-refractivity contribution is 6.28. The predicted octanol–water partition coefficient (Wildman–Crippen LogP) is 4.34. The minimum absolute atomic E-state index is 0.0278. The molecule has 4 aliphatic carbocycles. The number of alkyl halides is 2. The van der Waals surface area contributed by atoms with Gasteiger partial charge >= 0.3 is 0 Å². The third kappa shape index (κ3) is 1.26. The van der Waals surface area contributed by atoms with Crippen LogP contribution in [0.25, 0.3) is 0 Å². The van der Waals surface area contributed by atoms with E-state index in [1.807, 2.05) is 0 Å². The summed E-state index contributed by atoms with van der Waals surface area (Å²) < 4.78 is 0. The topological polar surface area (TPSA) is 0 Å². The van der Waals surface area contributed by atoms with Crippen molar-refractivity contribution in [3.8, 4) is 0 Å². The first-order chi connectivity index (χ1) is 6.24. The average Bonchev–Trinajstić information content (AvgIpc) is 1.67. The van der Waals surface area contributed by atoms with E-state index >= 15 is 0 Å². The van der Waals surface area contributed by atoms with E-state index in [-0.39, 0.29) is 9.75 Å². The van der Waals surface area contributed by atoms with Crippen LogP contribution in [0.15, 0.2) is 0 Å². The summed E-state index contributed by atoms with van der Waals surface area (Å²) >= 11 is 13.4. The molecular weight excluding hydrogens is 215 g/mol. The maximum atomic E-state index is 6.72. The van der Waals surface area contributed by atoms with Gasteiger partial charge in [-0.3, -0.25) is 0 Å². The van der Waals surface area contributed by atoms with Crippen molar-refractivity contribution in [2.45, 2.75) is 62.1 Å². The van der Waals surface area contributed by atoms with Crippen molar-refractivity contribution in [3.63, 3.8) is 0 Å². The molecule has 0 aliphatic heterocycles. The smallest absolute Gasteiger partial charge is 0.0474 e. The van der Waals surface area contributed by atoms with Gasteiger partial charge in [0.25, 0.3) is 0 Å². The zero-order chi connectivity index (χ0) is 10.2. The highest BCUT2D eigenvalue weighted by atomic mass is 35.5. The van der Waals surface area contributed by atoms with Crippen molar-refractivity contribution < 1.29 is 0 Å². The van der Waals surface area contributed by atoms with Crippen LogP contribution in [0.4, 0.5) is 0 Å². The summed E-state index contributed by atoms with van der Waals surface area (Å²) in [5.41, 5.74) is 0.847. The van der Waals surface area contributed by atoms with Gasteiger partial charge in [0.1, 0.15) is 0 Å². The van der Waals surface area contributed by atoms with Crippen LogP contribution >= 0.6 is 23.2 Å². The molecular formula is C12H18Cl2. The van der Waals surface area contributed by atoms with E-state index in [0.29, 0.717) is 10.8 Å². The van der Waals surface area contributed by atoms with E-state index in [1.165, 1.54) is 32.1 Å². The maximum absolute atomic E-state index is 6.72. The Labute approximate surface area is 96.3 Å². The van der Waals surface area contributed by atoms with Gasteiger partial charge in [-0.2, -0.15) is 0 Å². The predicted molar refractivity (Wildman–Crippen MR) is 61.1 cm³/mol. The average molecular weight is 233 g/mol. The second-order valence-electron chi connectivity index (χ2n) is 6.98. The second kappa shape index (κ2) is 2.30. The van der Waals surface area contributed by atoms with E-state index < -0.39 is 0 Å². The van der Waals surface area contributed by atoms with Crippen LogP contribution in [-0.4, -0.2) is 9.75 Å². The van der Waals surface area contributed by atoms with Gasteiger partial charge in [-0.1, -0.05) is 13.8 Å². The van der Waals surface area contributed by atoms with Gasteiger partial charge in [-0.25, -0.2) is 0 Å². The quantitative estimate of drug-likeness (QED) is 0.546. The molecule has 0 radical (unpaired) electrons. The third-order valence-electron chi connectivity index (χ3n) is 4.46. The maximum Gasteiger partial charge on any atom is 0.0474 e. The Hall–Kier alpha value is 0.580. The molecule has 4 bridgehead atoms. The Morgan fingerprint density at radius 3 is 1.29 bits per heavy atom. The van der Waals surface area contributed by atoms with Crippen LogP contribution in [0.2, 0.25) is 0 Å². The first-order valence-corrected chi connectivity index (χ1v) is 6.38. The van der Waals surface area contributed by atoms with Crippen molar-refractivity contribution in [2.75, 3.05) is 0 Å². The molecule has 0 spiro atoms. The molecule has 4 rings (SSSR count). The summed E-state index contributed by atoms with van der Waals surface area (Å²) in [4.78, 5) is 0.0556. The van der Waals surface area contributed by atoms with Gasteiger partial charge in [0, 0.05) is 9.75 Å². The monoisotopic (exact) mass is 232 g/mol. The fraction of sp³-hybridized carbons (Fsp3) is 1.00. The Balaban J connectivity index is 2.08. The van der Waals surface area contributed by atoms with E-state index in [4.69, 9.17) is 23.2 Å². The number of rotatable bonds is 0. The lowest BCUT2D eigenvalue weighted by molar-refractivity contribution is -0.0683. The van der Waals surface area contributed by atoms with Gasteiger partial charge in [0.05, 0.1) is 0 Å². The van der Waals surface area contributed by atoms with Gasteiger partial charge in [0.2, 0.25) is 0 Å². The van der Waals surface area contributed by atoms with Gasteiger partial charge in [-0.15, -0.1) is 23.2 Å². The Morgan fingerprint density at radius 1 is 0.643 bits per heavy atom. The van der Waals surface area contributed by atoms with Crippen LogP contribution in [-0.2, 0) is 0 Å². The summed E-state index contributed by atoms with van der Waals surface area (Å²) in [6.07, 6.45) is 7.12. The molecule has 0 nitrogen and oxygen atoms in total. The molecule has 4 fully saturated rings. The highest BCUT2D eigenvalue weighted by Crippen LogP contribution is 2.70. The molecule has 2 heteroatoms. The Morgan fingerprint density at radius 2 is 1.00 bits per heavy atom. The first-order valence-electron chi connectivity index (χ1n) is 5.62. The SMILES string of the molecule is CC12CC3(C)CC(Cl)(C1)CC(Cl)(C2)C3. The van der Waals surface area contributed by atoms with Crippen LogP contribution in [0.3, 0.4) is 0 Å². The minimum atomic E-state index is 0.0278. The van der Waals surface area contributed by atoms with Crippen molar-refractivity contribution >= 4 is 23.2 Å². The standard InChI is InChI=1S/C12H18Cl2/c1-9-3-10(2)6-11(13,4-9)8-12(14,5-9)7-10/h3-8H2,1-2H3. The molecule has 80 valence electrons. The molecule has 0 N–H and O–H groups in total. The summed E-state index contributed by atoms with van der Waals surface area (Å²) in [6, 6.07) is 0. The van der Waals surface area contributed by atoms with E-state index in [2.05, 4.69) is 13.8 Å². The van der Waals surface area contributed by atoms with E-state index in [0.717, 1.165) is 6.42 Å². The summed E-state index contributed by atoms with van der Waals surface area (Å²) in [6.45, 7) is 4.77. The van der Waals surface area contributed by atoms with Gasteiger partial charge in [0.15, 0.2) is 0 Å². The molecule has 0 saturated heterocycles. The molecule has 0 aromatic heterocycles. The van der Waals surface area contributed by atoms with Gasteiger partial charge < -0.3 is 0 Å². The zero-order valence-electron chi connectivity index (χ0n) is 9.00. The Bertz CT molecular complexity index is 201. The fourth-order valence-electron chi connectivity index (χ4n) is 5.41. The normalized spacial score (nSPS) is 66.0. The minimum Gasteiger partial charge on any atom is -0.119 e. The number of hydrogen-bond acceptors (Lipinski definition) is 0. The van der Waals surface area contributed by atoms with Gasteiger partial charge in [-0.05, 0) is 49.4 Å². The van der Waals surface area contributed by atoms with Crippen LogP contribution in [0.5, 0.6) is 0 Å². The Kier molecular flexibility index (Phi) is 1.61. The molecule has 4 aliphatic rings. The molecule has 0 amide bonds. The lowest BCUT2D eigenvalue weighted by Gasteiger charge is -2.66. The highest BCUT2D eigenvalue weighted by Gasteiger charge is 2.64. The molecule has 4 saturated carbocycles.